The first-order chi connectivity index (χ1) is 12.6. The monoisotopic (exact) mass is 448 g/mol. The van der Waals surface area contributed by atoms with Gasteiger partial charge >= 0.3 is 0 Å². The average molecular weight is 448 g/mol. The van der Waals surface area contributed by atoms with E-state index in [0.29, 0.717) is 9.84 Å². The van der Waals surface area contributed by atoms with Gasteiger partial charge in [-0.3, -0.25) is 0 Å². The molecule has 5 rings (SSSR count). The standard InChI is InChI=1S/C25H21I/c1-25(2)22-10-6-5-8-19(22)20-12-11-16(15-23(20)25)17-13-14-24(26)21-9-4-3-7-18(17)21/h3-15,21,24H,1-2H3/t21?,24-/m0/s1. The zero-order chi connectivity index (χ0) is 17.9. The van der Waals surface area contributed by atoms with Gasteiger partial charge in [0.15, 0.2) is 0 Å². The molecule has 0 fully saturated rings. The Morgan fingerprint density at radius 1 is 0.846 bits per heavy atom. The molecule has 0 radical (unpaired) electrons. The lowest BCUT2D eigenvalue weighted by Gasteiger charge is -2.28. The molecule has 1 unspecified atom stereocenters. The summed E-state index contributed by atoms with van der Waals surface area (Å²) < 4.78 is 0.530. The topological polar surface area (TPSA) is 0 Å². The molecule has 0 saturated heterocycles. The van der Waals surface area contributed by atoms with Crippen molar-refractivity contribution < 1.29 is 0 Å². The molecule has 0 aliphatic heterocycles. The molecule has 0 bridgehead atoms. The largest absolute Gasteiger partial charge is 0.0771 e. The number of rotatable bonds is 1. The van der Waals surface area contributed by atoms with Crippen LogP contribution in [0.15, 0.2) is 84.5 Å². The maximum atomic E-state index is 2.55. The molecule has 26 heavy (non-hydrogen) atoms. The van der Waals surface area contributed by atoms with Gasteiger partial charge in [-0.2, -0.15) is 0 Å². The summed E-state index contributed by atoms with van der Waals surface area (Å²) in [5, 5.41) is 0. The van der Waals surface area contributed by atoms with Gasteiger partial charge in [0, 0.05) is 15.3 Å². The molecule has 2 atom stereocenters. The highest BCUT2D eigenvalue weighted by Crippen LogP contribution is 2.49. The van der Waals surface area contributed by atoms with Crippen molar-refractivity contribution in [3.8, 4) is 11.1 Å². The molecule has 0 N–H and O–H groups in total. The number of allylic oxidation sites excluding steroid dienone is 8. The molecule has 0 heterocycles. The highest BCUT2D eigenvalue weighted by Gasteiger charge is 2.35. The molecule has 0 amide bonds. The second kappa shape index (κ2) is 5.82. The van der Waals surface area contributed by atoms with E-state index in [1.54, 1.807) is 0 Å². The van der Waals surface area contributed by atoms with Crippen molar-refractivity contribution in [2.45, 2.75) is 23.2 Å². The fourth-order valence-corrected chi connectivity index (χ4v) is 5.48. The van der Waals surface area contributed by atoms with Crippen molar-refractivity contribution in [1.29, 1.82) is 0 Å². The lowest BCUT2D eigenvalue weighted by atomic mass is 9.79. The maximum absolute atomic E-state index is 2.55. The lowest BCUT2D eigenvalue weighted by molar-refractivity contribution is 0.660. The third-order valence-corrected chi connectivity index (χ3v) is 7.25. The Hall–Kier alpha value is -1.87. The fourth-order valence-electron chi connectivity index (χ4n) is 4.64. The number of alkyl halides is 1. The van der Waals surface area contributed by atoms with Gasteiger partial charge in [-0.05, 0) is 45.0 Å². The summed E-state index contributed by atoms with van der Waals surface area (Å²) in [6, 6.07) is 15.9. The molecule has 0 nitrogen and oxygen atoms in total. The van der Waals surface area contributed by atoms with E-state index in [9.17, 15) is 0 Å². The van der Waals surface area contributed by atoms with E-state index in [0.717, 1.165) is 0 Å². The van der Waals surface area contributed by atoms with Crippen LogP contribution in [-0.4, -0.2) is 3.92 Å². The van der Waals surface area contributed by atoms with Crippen LogP contribution < -0.4 is 0 Å². The summed E-state index contributed by atoms with van der Waals surface area (Å²) in [5.41, 5.74) is 9.88. The highest BCUT2D eigenvalue weighted by atomic mass is 127. The number of hydrogen-bond donors (Lipinski definition) is 0. The zero-order valence-corrected chi connectivity index (χ0v) is 17.2. The fraction of sp³-hybridized carbons (Fsp3) is 0.200. The first kappa shape index (κ1) is 16.3. The summed E-state index contributed by atoms with van der Waals surface area (Å²) in [6.07, 6.45) is 13.6. The van der Waals surface area contributed by atoms with Crippen LogP contribution in [0.2, 0.25) is 0 Å². The van der Waals surface area contributed by atoms with Crippen LogP contribution in [-0.2, 0) is 5.41 Å². The number of hydrogen-bond acceptors (Lipinski definition) is 0. The third-order valence-electron chi connectivity index (χ3n) is 6.06. The van der Waals surface area contributed by atoms with Crippen LogP contribution in [0.3, 0.4) is 0 Å². The van der Waals surface area contributed by atoms with Crippen LogP contribution in [0.4, 0.5) is 0 Å². The molecule has 1 heteroatoms. The van der Waals surface area contributed by atoms with Crippen molar-refractivity contribution >= 4 is 28.2 Å². The minimum absolute atomic E-state index is 0.0546. The maximum Gasteiger partial charge on any atom is 0.0396 e. The predicted molar refractivity (Wildman–Crippen MR) is 120 cm³/mol. The van der Waals surface area contributed by atoms with E-state index in [-0.39, 0.29) is 5.41 Å². The van der Waals surface area contributed by atoms with Crippen molar-refractivity contribution in [2.75, 3.05) is 0 Å². The molecule has 3 aliphatic carbocycles. The first-order valence-corrected chi connectivity index (χ1v) is 10.5. The van der Waals surface area contributed by atoms with Crippen LogP contribution in [0.5, 0.6) is 0 Å². The van der Waals surface area contributed by atoms with Gasteiger partial charge in [-0.1, -0.05) is 109 Å². The Balaban J connectivity index is 1.69. The zero-order valence-electron chi connectivity index (χ0n) is 15.0. The normalized spacial score (nSPS) is 24.4. The van der Waals surface area contributed by atoms with E-state index in [4.69, 9.17) is 0 Å². The predicted octanol–water partition coefficient (Wildman–Crippen LogP) is 6.86. The van der Waals surface area contributed by atoms with Crippen molar-refractivity contribution in [1.82, 2.24) is 0 Å². The molecule has 0 saturated carbocycles. The van der Waals surface area contributed by atoms with Gasteiger partial charge in [0.05, 0.1) is 0 Å². The molecule has 2 aromatic rings. The summed E-state index contributed by atoms with van der Waals surface area (Å²) in [7, 11) is 0. The Morgan fingerprint density at radius 3 is 2.54 bits per heavy atom. The molecule has 2 aromatic carbocycles. The van der Waals surface area contributed by atoms with Crippen LogP contribution in [0.1, 0.15) is 30.5 Å². The smallest absolute Gasteiger partial charge is 0.0396 e. The SMILES string of the molecule is CC1(C)c2ccccc2-c2ccc(C3=C4C=CC=CC4[C@@H](I)C=C3)cc21. The van der Waals surface area contributed by atoms with Gasteiger partial charge in [-0.15, -0.1) is 0 Å². The number of benzene rings is 2. The second-order valence-corrected chi connectivity index (χ2v) is 9.31. The highest BCUT2D eigenvalue weighted by molar-refractivity contribution is 14.1. The Morgan fingerprint density at radius 2 is 1.65 bits per heavy atom. The number of fused-ring (bicyclic) bond motifs is 4. The summed E-state index contributed by atoms with van der Waals surface area (Å²) in [5.74, 6) is 0.485. The van der Waals surface area contributed by atoms with Gasteiger partial charge in [0.2, 0.25) is 0 Å². The van der Waals surface area contributed by atoms with E-state index in [1.165, 1.54) is 39.0 Å². The first-order valence-electron chi connectivity index (χ1n) is 9.23. The van der Waals surface area contributed by atoms with E-state index in [1.807, 2.05) is 0 Å². The second-order valence-electron chi connectivity index (χ2n) is 7.87. The summed E-state index contributed by atoms with van der Waals surface area (Å²) in [6.45, 7) is 4.70. The minimum Gasteiger partial charge on any atom is -0.0771 e. The quantitative estimate of drug-likeness (QED) is 0.330. The Bertz CT molecular complexity index is 1030. The summed E-state index contributed by atoms with van der Waals surface area (Å²) in [4.78, 5) is 0. The lowest BCUT2D eigenvalue weighted by Crippen LogP contribution is -2.18. The number of halogens is 1. The van der Waals surface area contributed by atoms with Crippen molar-refractivity contribution in [3.05, 3.63) is 101 Å². The van der Waals surface area contributed by atoms with E-state index in [2.05, 4.69) is 115 Å². The molecular weight excluding hydrogens is 427 g/mol. The summed E-state index contributed by atoms with van der Waals surface area (Å²) >= 11 is 2.55. The van der Waals surface area contributed by atoms with E-state index < -0.39 is 0 Å². The van der Waals surface area contributed by atoms with Crippen LogP contribution in [0.25, 0.3) is 16.7 Å². The van der Waals surface area contributed by atoms with Crippen LogP contribution >= 0.6 is 22.6 Å². The van der Waals surface area contributed by atoms with Gasteiger partial charge in [0.25, 0.3) is 0 Å². The molecule has 128 valence electrons. The van der Waals surface area contributed by atoms with Gasteiger partial charge in [-0.25, -0.2) is 0 Å². The Labute approximate surface area is 169 Å². The Kier molecular flexibility index (Phi) is 3.65. The van der Waals surface area contributed by atoms with Crippen LogP contribution in [0, 0.1) is 5.92 Å². The van der Waals surface area contributed by atoms with Crippen molar-refractivity contribution in [2.24, 2.45) is 5.92 Å². The average Bonchev–Trinajstić information content (AvgIpc) is 2.90. The molecule has 0 aromatic heterocycles. The van der Waals surface area contributed by atoms with E-state index >= 15 is 0 Å². The molecule has 3 aliphatic rings. The van der Waals surface area contributed by atoms with Gasteiger partial charge in [0.1, 0.15) is 0 Å². The molecular formula is C25H21I. The van der Waals surface area contributed by atoms with Gasteiger partial charge < -0.3 is 0 Å². The molecule has 0 spiro atoms. The van der Waals surface area contributed by atoms with Crippen molar-refractivity contribution in [3.63, 3.8) is 0 Å². The third kappa shape index (κ3) is 2.26. The minimum atomic E-state index is 0.0546.